The summed E-state index contributed by atoms with van der Waals surface area (Å²) in [6.45, 7) is 1.59. The Bertz CT molecular complexity index is 616. The average Bonchev–Trinajstić information content (AvgIpc) is 2.41. The fourth-order valence-corrected chi connectivity index (χ4v) is 2.04. The molecule has 5 nitrogen and oxygen atoms in total. The van der Waals surface area contributed by atoms with Gasteiger partial charge in [-0.05, 0) is 13.0 Å². The first kappa shape index (κ1) is 15.1. The van der Waals surface area contributed by atoms with Gasteiger partial charge in [-0.15, -0.1) is 0 Å². The maximum atomic E-state index is 13.6. The Morgan fingerprint density at radius 3 is 2.71 bits per heavy atom. The van der Waals surface area contributed by atoms with Crippen LogP contribution < -0.4 is 5.32 Å². The molecule has 0 radical (unpaired) electrons. The second kappa shape index (κ2) is 5.99. The molecule has 0 fully saturated rings. The Morgan fingerprint density at radius 2 is 2.10 bits per heavy atom. The molecule has 0 saturated heterocycles. The number of amides is 2. The van der Waals surface area contributed by atoms with Crippen LogP contribution in [0.5, 0.6) is 0 Å². The van der Waals surface area contributed by atoms with Crippen molar-refractivity contribution < 1.29 is 18.4 Å². The van der Waals surface area contributed by atoms with Gasteiger partial charge in [-0.2, -0.15) is 5.10 Å². The van der Waals surface area contributed by atoms with Crippen LogP contribution in [0.4, 0.5) is 8.78 Å². The van der Waals surface area contributed by atoms with Crippen LogP contribution >= 0.6 is 0 Å². The summed E-state index contributed by atoms with van der Waals surface area (Å²) in [6, 6.07) is 2.55. The standard InChI is InChI=1S/C14H15F2N3O2/c1-8(10-4-3-9(15)7-11(10)16)17-14(21)12-5-6-13(20)19(2)18-12/h3-4,7-8H,5-6H2,1-2H3,(H,17,21). The molecule has 7 heteroatoms. The number of rotatable bonds is 3. The second-order valence-electron chi connectivity index (χ2n) is 4.83. The van der Waals surface area contributed by atoms with Gasteiger partial charge in [0.1, 0.15) is 17.3 Å². The molecular weight excluding hydrogens is 280 g/mol. The van der Waals surface area contributed by atoms with Gasteiger partial charge in [0.15, 0.2) is 0 Å². The number of halogens is 2. The molecule has 1 aromatic rings. The molecule has 0 aromatic heterocycles. The maximum absolute atomic E-state index is 13.6. The predicted octanol–water partition coefficient (Wildman–Crippen LogP) is 1.75. The molecule has 1 N–H and O–H groups in total. The summed E-state index contributed by atoms with van der Waals surface area (Å²) in [5, 5.41) is 7.59. The summed E-state index contributed by atoms with van der Waals surface area (Å²) in [5.74, 6) is -2.03. The van der Waals surface area contributed by atoms with E-state index in [1.807, 2.05) is 0 Å². The monoisotopic (exact) mass is 295 g/mol. The fourth-order valence-electron chi connectivity index (χ4n) is 2.04. The van der Waals surface area contributed by atoms with E-state index in [0.717, 1.165) is 17.1 Å². The predicted molar refractivity (Wildman–Crippen MR) is 72.4 cm³/mol. The summed E-state index contributed by atoms with van der Waals surface area (Å²) in [7, 11) is 1.47. The molecule has 0 spiro atoms. The topological polar surface area (TPSA) is 61.8 Å². The van der Waals surface area contributed by atoms with E-state index in [2.05, 4.69) is 10.4 Å². The highest BCUT2D eigenvalue weighted by Gasteiger charge is 2.23. The van der Waals surface area contributed by atoms with Gasteiger partial charge in [0.25, 0.3) is 5.91 Å². The lowest BCUT2D eigenvalue weighted by molar-refractivity contribution is -0.130. The van der Waals surface area contributed by atoms with Crippen molar-refractivity contribution in [3.63, 3.8) is 0 Å². The third kappa shape index (κ3) is 3.42. The molecule has 2 amide bonds. The Kier molecular flexibility index (Phi) is 4.30. The Hall–Kier alpha value is -2.31. The van der Waals surface area contributed by atoms with Gasteiger partial charge in [-0.25, -0.2) is 13.8 Å². The highest BCUT2D eigenvalue weighted by Crippen LogP contribution is 2.18. The molecule has 1 aliphatic heterocycles. The molecule has 1 aliphatic rings. The maximum Gasteiger partial charge on any atom is 0.267 e. The van der Waals surface area contributed by atoms with Crippen molar-refractivity contribution in [2.24, 2.45) is 5.10 Å². The zero-order chi connectivity index (χ0) is 15.6. The summed E-state index contributed by atoms with van der Waals surface area (Å²) in [6.07, 6.45) is 0.454. The molecule has 21 heavy (non-hydrogen) atoms. The molecular formula is C14H15F2N3O2. The van der Waals surface area contributed by atoms with Crippen molar-refractivity contribution >= 4 is 17.5 Å². The summed E-state index contributed by atoms with van der Waals surface area (Å²) in [5.41, 5.74) is 0.400. The molecule has 1 heterocycles. The summed E-state index contributed by atoms with van der Waals surface area (Å²) in [4.78, 5) is 23.3. The van der Waals surface area contributed by atoms with Crippen molar-refractivity contribution in [3.8, 4) is 0 Å². The number of nitrogens with one attached hydrogen (secondary N) is 1. The van der Waals surface area contributed by atoms with Gasteiger partial charge in [-0.1, -0.05) is 6.07 Å². The van der Waals surface area contributed by atoms with Crippen LogP contribution in [-0.2, 0) is 9.59 Å². The number of hydrazone groups is 1. The van der Waals surface area contributed by atoms with Crippen LogP contribution in [-0.4, -0.2) is 29.6 Å². The lowest BCUT2D eigenvalue weighted by Gasteiger charge is -2.21. The smallest absolute Gasteiger partial charge is 0.267 e. The fraction of sp³-hybridized carbons (Fsp3) is 0.357. The molecule has 0 bridgehead atoms. The molecule has 1 aromatic carbocycles. The molecule has 2 rings (SSSR count). The van der Waals surface area contributed by atoms with Crippen LogP contribution in [0.15, 0.2) is 23.3 Å². The quantitative estimate of drug-likeness (QED) is 0.923. The minimum absolute atomic E-state index is 0.163. The third-order valence-corrected chi connectivity index (χ3v) is 3.25. The molecule has 0 aliphatic carbocycles. The SMILES string of the molecule is CC(NC(=O)C1=NN(C)C(=O)CC1)c1ccc(F)cc1F. The first-order valence-electron chi connectivity index (χ1n) is 6.48. The van der Waals surface area contributed by atoms with Crippen molar-refractivity contribution in [2.75, 3.05) is 7.05 Å². The first-order valence-corrected chi connectivity index (χ1v) is 6.48. The van der Waals surface area contributed by atoms with Gasteiger partial charge in [-0.3, -0.25) is 9.59 Å². The molecule has 1 unspecified atom stereocenters. The second-order valence-corrected chi connectivity index (χ2v) is 4.83. The van der Waals surface area contributed by atoms with E-state index in [1.165, 1.54) is 13.1 Å². The number of benzene rings is 1. The highest BCUT2D eigenvalue weighted by molar-refractivity contribution is 6.39. The Labute approximate surface area is 120 Å². The normalized spacial score (nSPS) is 16.5. The van der Waals surface area contributed by atoms with Gasteiger partial charge in [0, 0.05) is 31.5 Å². The molecule has 112 valence electrons. The van der Waals surface area contributed by atoms with E-state index < -0.39 is 23.6 Å². The first-order chi connectivity index (χ1) is 9.88. The third-order valence-electron chi connectivity index (χ3n) is 3.25. The Balaban J connectivity index is 2.09. The largest absolute Gasteiger partial charge is 0.344 e. The van der Waals surface area contributed by atoms with Crippen LogP contribution in [0, 0.1) is 11.6 Å². The number of hydrogen-bond acceptors (Lipinski definition) is 3. The summed E-state index contributed by atoms with van der Waals surface area (Å²) < 4.78 is 26.5. The lowest BCUT2D eigenvalue weighted by atomic mass is 10.1. The van der Waals surface area contributed by atoms with Crippen molar-refractivity contribution in [3.05, 3.63) is 35.4 Å². The van der Waals surface area contributed by atoms with Crippen molar-refractivity contribution in [1.29, 1.82) is 0 Å². The average molecular weight is 295 g/mol. The number of hydrogen-bond donors (Lipinski definition) is 1. The number of carbonyl (C=O) groups is 2. The Morgan fingerprint density at radius 1 is 1.38 bits per heavy atom. The zero-order valence-corrected chi connectivity index (χ0v) is 11.7. The van der Waals surface area contributed by atoms with Gasteiger partial charge in [0.2, 0.25) is 5.91 Å². The van der Waals surface area contributed by atoms with E-state index in [-0.39, 0.29) is 30.0 Å². The number of nitrogens with zero attached hydrogens (tertiary/aromatic N) is 2. The van der Waals surface area contributed by atoms with E-state index in [0.29, 0.717) is 0 Å². The zero-order valence-electron chi connectivity index (χ0n) is 11.7. The van der Waals surface area contributed by atoms with E-state index in [1.54, 1.807) is 6.92 Å². The van der Waals surface area contributed by atoms with Gasteiger partial charge < -0.3 is 5.32 Å². The van der Waals surface area contributed by atoms with Crippen LogP contribution in [0.2, 0.25) is 0 Å². The van der Waals surface area contributed by atoms with Crippen molar-refractivity contribution in [1.82, 2.24) is 10.3 Å². The van der Waals surface area contributed by atoms with Crippen LogP contribution in [0.3, 0.4) is 0 Å². The van der Waals surface area contributed by atoms with Gasteiger partial charge in [0.05, 0.1) is 6.04 Å². The minimum Gasteiger partial charge on any atom is -0.344 e. The lowest BCUT2D eigenvalue weighted by Crippen LogP contribution is -2.38. The summed E-state index contributed by atoms with van der Waals surface area (Å²) >= 11 is 0. The minimum atomic E-state index is -0.722. The van der Waals surface area contributed by atoms with Gasteiger partial charge >= 0.3 is 0 Å². The van der Waals surface area contributed by atoms with E-state index in [9.17, 15) is 18.4 Å². The van der Waals surface area contributed by atoms with Crippen LogP contribution in [0.25, 0.3) is 0 Å². The van der Waals surface area contributed by atoms with Crippen LogP contribution in [0.1, 0.15) is 31.4 Å². The molecule has 1 atom stereocenters. The highest BCUT2D eigenvalue weighted by atomic mass is 19.1. The van der Waals surface area contributed by atoms with E-state index in [4.69, 9.17) is 0 Å². The molecule has 0 saturated carbocycles. The van der Waals surface area contributed by atoms with Crippen molar-refractivity contribution in [2.45, 2.75) is 25.8 Å². The van der Waals surface area contributed by atoms with E-state index >= 15 is 0 Å². The number of carbonyl (C=O) groups excluding carboxylic acids is 2.